The second kappa shape index (κ2) is 4.88. The van der Waals surface area contributed by atoms with Gasteiger partial charge in [0.2, 0.25) is 5.91 Å². The monoisotopic (exact) mass is 211 g/mol. The van der Waals surface area contributed by atoms with Crippen LogP contribution in [0.25, 0.3) is 0 Å². The van der Waals surface area contributed by atoms with Crippen LogP contribution in [-0.2, 0) is 11.3 Å². The first-order valence-corrected chi connectivity index (χ1v) is 4.93. The molecule has 0 saturated carbocycles. The van der Waals surface area contributed by atoms with Crippen molar-refractivity contribution < 1.29 is 4.79 Å². The van der Waals surface area contributed by atoms with Crippen LogP contribution >= 0.6 is 0 Å². The summed E-state index contributed by atoms with van der Waals surface area (Å²) in [6.07, 6.45) is 1.53. The Bertz CT molecular complexity index is 333. The SMILES string of the molecule is CCN(C)C(=O)Cn1cnc(C(C)N)n1. The molecule has 0 saturated heterocycles. The zero-order valence-electron chi connectivity index (χ0n) is 9.34. The maximum absolute atomic E-state index is 11.5. The second-order valence-electron chi connectivity index (χ2n) is 3.50. The summed E-state index contributed by atoms with van der Waals surface area (Å²) in [5.74, 6) is 0.570. The zero-order valence-corrected chi connectivity index (χ0v) is 9.34. The molecule has 0 aliphatic rings. The first-order chi connectivity index (χ1) is 7.04. The maximum Gasteiger partial charge on any atom is 0.244 e. The van der Waals surface area contributed by atoms with Crippen LogP contribution in [0, 0.1) is 0 Å². The van der Waals surface area contributed by atoms with E-state index in [4.69, 9.17) is 5.73 Å². The Kier molecular flexibility index (Phi) is 3.79. The Hall–Kier alpha value is -1.43. The molecular formula is C9H17N5O. The predicted molar refractivity (Wildman–Crippen MR) is 55.9 cm³/mol. The fourth-order valence-electron chi connectivity index (χ4n) is 1.03. The summed E-state index contributed by atoms with van der Waals surface area (Å²) < 4.78 is 1.51. The summed E-state index contributed by atoms with van der Waals surface area (Å²) in [5, 5.41) is 4.10. The Morgan fingerprint density at radius 3 is 2.87 bits per heavy atom. The summed E-state index contributed by atoms with van der Waals surface area (Å²) >= 11 is 0. The Labute approximate surface area is 89.1 Å². The van der Waals surface area contributed by atoms with E-state index >= 15 is 0 Å². The minimum absolute atomic E-state index is 0.0126. The van der Waals surface area contributed by atoms with Crippen LogP contribution in [0.4, 0.5) is 0 Å². The largest absolute Gasteiger partial charge is 0.344 e. The molecule has 1 heterocycles. The van der Waals surface area contributed by atoms with Crippen LogP contribution < -0.4 is 5.73 Å². The number of nitrogens with two attached hydrogens (primary N) is 1. The third-order valence-corrected chi connectivity index (χ3v) is 2.16. The molecule has 6 heteroatoms. The molecule has 15 heavy (non-hydrogen) atoms. The van der Waals surface area contributed by atoms with Crippen molar-refractivity contribution in [1.29, 1.82) is 0 Å². The number of amides is 1. The van der Waals surface area contributed by atoms with Gasteiger partial charge >= 0.3 is 0 Å². The summed E-state index contributed by atoms with van der Waals surface area (Å²) in [6, 6.07) is -0.203. The Morgan fingerprint density at radius 2 is 2.40 bits per heavy atom. The van der Waals surface area contributed by atoms with Gasteiger partial charge in [0.1, 0.15) is 12.9 Å². The summed E-state index contributed by atoms with van der Waals surface area (Å²) in [6.45, 7) is 4.63. The molecule has 0 spiro atoms. The quantitative estimate of drug-likeness (QED) is 0.746. The van der Waals surface area contributed by atoms with Gasteiger partial charge in [-0.3, -0.25) is 4.79 Å². The Morgan fingerprint density at radius 1 is 1.73 bits per heavy atom. The lowest BCUT2D eigenvalue weighted by Crippen LogP contribution is -2.30. The summed E-state index contributed by atoms with van der Waals surface area (Å²) in [5.41, 5.74) is 5.61. The summed E-state index contributed by atoms with van der Waals surface area (Å²) in [4.78, 5) is 17.2. The van der Waals surface area contributed by atoms with Gasteiger partial charge in [-0.15, -0.1) is 0 Å². The highest BCUT2D eigenvalue weighted by molar-refractivity contribution is 5.75. The van der Waals surface area contributed by atoms with Crippen molar-refractivity contribution in [3.63, 3.8) is 0 Å². The van der Waals surface area contributed by atoms with Gasteiger partial charge in [0, 0.05) is 13.6 Å². The smallest absolute Gasteiger partial charge is 0.244 e. The van der Waals surface area contributed by atoms with Crippen molar-refractivity contribution >= 4 is 5.91 Å². The van der Waals surface area contributed by atoms with Gasteiger partial charge in [-0.1, -0.05) is 0 Å². The van der Waals surface area contributed by atoms with Crippen LogP contribution in [0.15, 0.2) is 6.33 Å². The molecule has 0 aliphatic carbocycles. The van der Waals surface area contributed by atoms with Gasteiger partial charge in [-0.25, -0.2) is 9.67 Å². The maximum atomic E-state index is 11.5. The van der Waals surface area contributed by atoms with E-state index < -0.39 is 0 Å². The molecule has 1 amide bonds. The van der Waals surface area contributed by atoms with E-state index in [-0.39, 0.29) is 18.5 Å². The topological polar surface area (TPSA) is 77.0 Å². The lowest BCUT2D eigenvalue weighted by molar-refractivity contribution is -0.130. The summed E-state index contributed by atoms with van der Waals surface area (Å²) in [7, 11) is 1.76. The molecule has 1 atom stereocenters. The molecule has 1 unspecified atom stereocenters. The van der Waals surface area contributed by atoms with Crippen LogP contribution in [0.5, 0.6) is 0 Å². The molecule has 1 aromatic heterocycles. The number of carbonyl (C=O) groups is 1. The van der Waals surface area contributed by atoms with E-state index in [1.165, 1.54) is 11.0 Å². The standard InChI is InChI=1S/C9H17N5O/c1-4-13(3)8(15)5-14-6-11-9(12-14)7(2)10/h6-7H,4-5,10H2,1-3H3. The zero-order chi connectivity index (χ0) is 11.4. The van der Waals surface area contributed by atoms with E-state index in [1.54, 1.807) is 18.9 Å². The van der Waals surface area contributed by atoms with Gasteiger partial charge in [0.05, 0.1) is 6.04 Å². The third kappa shape index (κ3) is 3.02. The molecule has 0 fully saturated rings. The molecule has 0 aromatic carbocycles. The fraction of sp³-hybridized carbons (Fsp3) is 0.667. The van der Waals surface area contributed by atoms with Crippen LogP contribution in [0.1, 0.15) is 25.7 Å². The highest BCUT2D eigenvalue weighted by atomic mass is 16.2. The van der Waals surface area contributed by atoms with Crippen molar-refractivity contribution in [2.24, 2.45) is 5.73 Å². The molecule has 2 N–H and O–H groups in total. The van der Waals surface area contributed by atoms with Gasteiger partial charge in [-0.2, -0.15) is 5.10 Å². The van der Waals surface area contributed by atoms with Crippen molar-refractivity contribution in [1.82, 2.24) is 19.7 Å². The van der Waals surface area contributed by atoms with Crippen molar-refractivity contribution in [2.75, 3.05) is 13.6 Å². The molecule has 0 radical (unpaired) electrons. The number of hydrogen-bond acceptors (Lipinski definition) is 4. The molecule has 0 bridgehead atoms. The van der Waals surface area contributed by atoms with Gasteiger partial charge in [0.15, 0.2) is 5.82 Å². The minimum atomic E-state index is -0.203. The van der Waals surface area contributed by atoms with E-state index in [9.17, 15) is 4.79 Å². The van der Waals surface area contributed by atoms with Crippen molar-refractivity contribution in [3.05, 3.63) is 12.2 Å². The average molecular weight is 211 g/mol. The van der Waals surface area contributed by atoms with E-state index in [0.29, 0.717) is 12.4 Å². The molecular weight excluding hydrogens is 194 g/mol. The lowest BCUT2D eigenvalue weighted by Gasteiger charge is -2.13. The normalized spacial score (nSPS) is 12.5. The average Bonchev–Trinajstić information content (AvgIpc) is 2.65. The van der Waals surface area contributed by atoms with Crippen molar-refractivity contribution in [3.8, 4) is 0 Å². The highest BCUT2D eigenvalue weighted by Gasteiger charge is 2.10. The first-order valence-electron chi connectivity index (χ1n) is 4.93. The van der Waals surface area contributed by atoms with E-state index in [2.05, 4.69) is 10.1 Å². The number of nitrogens with zero attached hydrogens (tertiary/aromatic N) is 4. The Balaban J connectivity index is 2.61. The van der Waals surface area contributed by atoms with Crippen molar-refractivity contribution in [2.45, 2.75) is 26.4 Å². The van der Waals surface area contributed by atoms with Crippen LogP contribution in [0.2, 0.25) is 0 Å². The van der Waals surface area contributed by atoms with E-state index in [1.807, 2.05) is 6.92 Å². The highest BCUT2D eigenvalue weighted by Crippen LogP contribution is 2.00. The molecule has 0 aliphatic heterocycles. The van der Waals surface area contributed by atoms with Gasteiger partial charge < -0.3 is 10.6 Å². The number of rotatable bonds is 4. The number of hydrogen-bond donors (Lipinski definition) is 1. The van der Waals surface area contributed by atoms with Gasteiger partial charge in [0.25, 0.3) is 0 Å². The number of likely N-dealkylation sites (N-methyl/N-ethyl adjacent to an activating group) is 1. The minimum Gasteiger partial charge on any atom is -0.344 e. The second-order valence-corrected chi connectivity index (χ2v) is 3.50. The van der Waals surface area contributed by atoms with Crippen LogP contribution in [-0.4, -0.2) is 39.2 Å². The third-order valence-electron chi connectivity index (χ3n) is 2.16. The number of carbonyl (C=O) groups excluding carboxylic acids is 1. The predicted octanol–water partition coefficient (Wildman–Crippen LogP) is -0.224. The van der Waals surface area contributed by atoms with Crippen LogP contribution in [0.3, 0.4) is 0 Å². The van der Waals surface area contributed by atoms with E-state index in [0.717, 1.165) is 0 Å². The molecule has 1 aromatic rings. The van der Waals surface area contributed by atoms with Gasteiger partial charge in [-0.05, 0) is 13.8 Å². The molecule has 1 rings (SSSR count). The number of aromatic nitrogens is 3. The first kappa shape index (κ1) is 11.6. The fourth-order valence-corrected chi connectivity index (χ4v) is 1.03. The lowest BCUT2D eigenvalue weighted by atomic mass is 10.4. The molecule has 6 nitrogen and oxygen atoms in total. The molecule has 84 valence electrons.